The number of aryl methyl sites for hydroxylation is 1. The maximum atomic E-state index is 8.94. The van der Waals surface area contributed by atoms with Crippen molar-refractivity contribution in [1.82, 2.24) is 19.9 Å². The van der Waals surface area contributed by atoms with E-state index in [1.165, 1.54) is 0 Å². The Hall–Kier alpha value is -0.940. The van der Waals surface area contributed by atoms with Crippen molar-refractivity contribution in [2.45, 2.75) is 33.7 Å². The predicted molar refractivity (Wildman–Crippen MR) is 67.4 cm³/mol. The van der Waals surface area contributed by atoms with E-state index >= 15 is 0 Å². The number of aliphatic hydroxyl groups excluding tert-OH is 1. The van der Waals surface area contributed by atoms with Gasteiger partial charge in [-0.15, -0.1) is 5.10 Å². The summed E-state index contributed by atoms with van der Waals surface area (Å²) in [5.41, 5.74) is 1.36. The van der Waals surface area contributed by atoms with Crippen LogP contribution in [0.1, 0.15) is 32.9 Å². The molecule has 0 aliphatic heterocycles. The molecule has 1 rings (SSSR count). The quantitative estimate of drug-likeness (QED) is 0.807. The normalized spacial score (nSPS) is 12.4. The van der Waals surface area contributed by atoms with Crippen molar-refractivity contribution in [3.63, 3.8) is 0 Å². The monoisotopic (exact) mass is 240 g/mol. The Morgan fingerprint density at radius 2 is 2.12 bits per heavy atom. The molecule has 0 fully saturated rings. The molecule has 1 aromatic heterocycles. The van der Waals surface area contributed by atoms with Crippen molar-refractivity contribution in [3.8, 4) is 0 Å². The van der Waals surface area contributed by atoms with Crippen LogP contribution in [-0.4, -0.2) is 44.7 Å². The Morgan fingerprint density at radius 3 is 2.59 bits per heavy atom. The Labute approximate surface area is 103 Å². The van der Waals surface area contributed by atoms with Gasteiger partial charge in [-0.05, 0) is 11.8 Å². The summed E-state index contributed by atoms with van der Waals surface area (Å²) in [5.74, 6) is 0. The molecule has 0 saturated carbocycles. The lowest BCUT2D eigenvalue weighted by atomic mass is 9.96. The van der Waals surface area contributed by atoms with Crippen LogP contribution < -0.4 is 0 Å². The van der Waals surface area contributed by atoms with Gasteiger partial charge in [-0.25, -0.2) is 0 Å². The highest BCUT2D eigenvalue weighted by Crippen LogP contribution is 2.17. The molecule has 0 aromatic carbocycles. The molecule has 5 nitrogen and oxygen atoms in total. The number of aromatic nitrogens is 3. The van der Waals surface area contributed by atoms with Crippen molar-refractivity contribution < 1.29 is 5.11 Å². The van der Waals surface area contributed by atoms with Gasteiger partial charge in [-0.2, -0.15) is 0 Å². The van der Waals surface area contributed by atoms with E-state index in [1.807, 2.05) is 7.05 Å². The van der Waals surface area contributed by atoms with Gasteiger partial charge in [-0.1, -0.05) is 26.0 Å². The Morgan fingerprint density at radius 1 is 1.41 bits per heavy atom. The number of hydrogen-bond acceptors (Lipinski definition) is 4. The molecule has 0 aliphatic rings. The smallest absolute Gasteiger partial charge is 0.0738 e. The summed E-state index contributed by atoms with van der Waals surface area (Å²) >= 11 is 0. The van der Waals surface area contributed by atoms with E-state index in [0.29, 0.717) is 0 Å². The number of aliphatic hydroxyl groups is 1. The molecule has 1 heterocycles. The fourth-order valence-corrected chi connectivity index (χ4v) is 1.86. The van der Waals surface area contributed by atoms with Gasteiger partial charge < -0.3 is 5.11 Å². The first-order valence-electron chi connectivity index (χ1n) is 6.09. The van der Waals surface area contributed by atoms with Gasteiger partial charge in [0.1, 0.15) is 0 Å². The molecule has 17 heavy (non-hydrogen) atoms. The molecular weight excluding hydrogens is 216 g/mol. The van der Waals surface area contributed by atoms with E-state index in [4.69, 9.17) is 5.11 Å². The van der Waals surface area contributed by atoms with Crippen molar-refractivity contribution in [2.75, 3.05) is 19.7 Å². The minimum atomic E-state index is 0.240. The lowest BCUT2D eigenvalue weighted by Crippen LogP contribution is -2.34. The van der Waals surface area contributed by atoms with Crippen LogP contribution in [0.3, 0.4) is 0 Å². The van der Waals surface area contributed by atoms with Gasteiger partial charge in [-0.3, -0.25) is 9.58 Å². The Kier molecular flexibility index (Phi) is 5.08. The molecule has 1 aromatic rings. The third-order valence-corrected chi connectivity index (χ3v) is 2.52. The fourth-order valence-electron chi connectivity index (χ4n) is 1.86. The molecule has 0 aliphatic carbocycles. The van der Waals surface area contributed by atoms with Crippen LogP contribution in [-0.2, 0) is 13.6 Å². The van der Waals surface area contributed by atoms with E-state index in [2.05, 4.69) is 36.0 Å². The van der Waals surface area contributed by atoms with Crippen LogP contribution in [0, 0.1) is 5.41 Å². The lowest BCUT2D eigenvalue weighted by Gasteiger charge is -2.29. The van der Waals surface area contributed by atoms with Gasteiger partial charge >= 0.3 is 0 Å². The van der Waals surface area contributed by atoms with Gasteiger partial charge in [0.2, 0.25) is 0 Å². The molecule has 0 amide bonds. The van der Waals surface area contributed by atoms with Crippen LogP contribution in [0.25, 0.3) is 0 Å². The molecular formula is C12H24N4O. The molecule has 1 N–H and O–H groups in total. The van der Waals surface area contributed by atoms with Crippen LogP contribution in [0.5, 0.6) is 0 Å². The van der Waals surface area contributed by atoms with Crippen molar-refractivity contribution in [3.05, 3.63) is 11.9 Å². The largest absolute Gasteiger partial charge is 0.396 e. The maximum absolute atomic E-state index is 8.94. The lowest BCUT2D eigenvalue weighted by molar-refractivity contribution is 0.163. The highest BCUT2D eigenvalue weighted by Gasteiger charge is 2.17. The number of nitrogens with zero attached hydrogens (tertiary/aromatic N) is 4. The zero-order valence-electron chi connectivity index (χ0n) is 11.3. The van der Waals surface area contributed by atoms with Crippen LogP contribution >= 0.6 is 0 Å². The SMILES string of the molecule is Cn1nncc1CN(CCCO)CC(C)(C)C. The average Bonchev–Trinajstić information content (AvgIpc) is 2.59. The van der Waals surface area contributed by atoms with Crippen molar-refractivity contribution >= 4 is 0 Å². The molecule has 98 valence electrons. The first-order chi connectivity index (χ1) is 7.92. The zero-order valence-corrected chi connectivity index (χ0v) is 11.3. The van der Waals surface area contributed by atoms with E-state index in [9.17, 15) is 0 Å². The summed E-state index contributed by atoms with van der Waals surface area (Å²) in [6.07, 6.45) is 2.61. The van der Waals surface area contributed by atoms with Crippen molar-refractivity contribution in [1.29, 1.82) is 0 Å². The Bertz CT molecular complexity index is 329. The predicted octanol–water partition coefficient (Wildman–Crippen LogP) is 1.05. The highest BCUT2D eigenvalue weighted by molar-refractivity contribution is 4.93. The van der Waals surface area contributed by atoms with Crippen LogP contribution in [0.4, 0.5) is 0 Å². The molecule has 0 atom stereocenters. The van der Waals surface area contributed by atoms with Crippen molar-refractivity contribution in [2.24, 2.45) is 12.5 Å². The van der Waals surface area contributed by atoms with Crippen LogP contribution in [0.2, 0.25) is 0 Å². The minimum absolute atomic E-state index is 0.240. The molecule has 5 heteroatoms. The Balaban J connectivity index is 2.60. The minimum Gasteiger partial charge on any atom is -0.396 e. The summed E-state index contributed by atoms with van der Waals surface area (Å²) in [5, 5.41) is 16.8. The first-order valence-corrected chi connectivity index (χ1v) is 6.09. The topological polar surface area (TPSA) is 54.2 Å². The number of hydrogen-bond donors (Lipinski definition) is 1. The van der Waals surface area contributed by atoms with E-state index in [-0.39, 0.29) is 12.0 Å². The average molecular weight is 240 g/mol. The van der Waals surface area contributed by atoms with E-state index < -0.39 is 0 Å². The molecule has 0 saturated heterocycles. The second kappa shape index (κ2) is 6.12. The number of rotatable bonds is 6. The van der Waals surface area contributed by atoms with Gasteiger partial charge in [0.25, 0.3) is 0 Å². The summed E-state index contributed by atoms with van der Waals surface area (Å²) < 4.78 is 1.80. The summed E-state index contributed by atoms with van der Waals surface area (Å²) in [6, 6.07) is 0. The summed E-state index contributed by atoms with van der Waals surface area (Å²) in [7, 11) is 1.91. The first kappa shape index (κ1) is 14.1. The standard InChI is InChI=1S/C12H24N4O/c1-12(2,3)10-16(6-5-7-17)9-11-8-13-14-15(11)4/h8,17H,5-7,9-10H2,1-4H3. The van der Waals surface area contributed by atoms with E-state index in [1.54, 1.807) is 10.9 Å². The molecule has 0 spiro atoms. The third-order valence-electron chi connectivity index (χ3n) is 2.52. The van der Waals surface area contributed by atoms with Crippen LogP contribution in [0.15, 0.2) is 6.20 Å². The zero-order chi connectivity index (χ0) is 12.9. The second-order valence-corrected chi connectivity index (χ2v) is 5.70. The molecule has 0 radical (unpaired) electrons. The molecule has 0 bridgehead atoms. The van der Waals surface area contributed by atoms with Gasteiger partial charge in [0.15, 0.2) is 0 Å². The highest BCUT2D eigenvalue weighted by atomic mass is 16.3. The summed E-state index contributed by atoms with van der Waals surface area (Å²) in [4.78, 5) is 2.34. The maximum Gasteiger partial charge on any atom is 0.0738 e. The third kappa shape index (κ3) is 5.28. The van der Waals surface area contributed by atoms with Gasteiger partial charge in [0.05, 0.1) is 11.9 Å². The van der Waals surface area contributed by atoms with Gasteiger partial charge in [0, 0.05) is 33.3 Å². The second-order valence-electron chi connectivity index (χ2n) is 5.70. The summed E-state index contributed by atoms with van der Waals surface area (Å²) in [6.45, 7) is 9.64. The van der Waals surface area contributed by atoms with E-state index in [0.717, 1.165) is 31.7 Å². The fraction of sp³-hybridized carbons (Fsp3) is 0.833. The molecule has 0 unspecified atom stereocenters.